The van der Waals surface area contributed by atoms with Gasteiger partial charge in [-0.2, -0.15) is 0 Å². The Hall–Kier alpha value is -0.570. The molecule has 1 spiro atoms. The fourth-order valence-corrected chi connectivity index (χ4v) is 1.87. The molecule has 1 heterocycles. The van der Waals surface area contributed by atoms with Crippen molar-refractivity contribution in [3.63, 3.8) is 0 Å². The number of hydrogen-bond donors (Lipinski definition) is 1. The molecule has 1 aliphatic carbocycles. The third kappa shape index (κ3) is 0.669. The third-order valence-corrected chi connectivity index (χ3v) is 2.48. The van der Waals surface area contributed by atoms with Crippen LogP contribution in [0.1, 0.15) is 25.7 Å². The second kappa shape index (κ2) is 1.72. The van der Waals surface area contributed by atoms with Crippen molar-refractivity contribution in [2.75, 3.05) is 0 Å². The summed E-state index contributed by atoms with van der Waals surface area (Å²) in [4.78, 5) is 10.6. The van der Waals surface area contributed by atoms with Gasteiger partial charge in [-0.3, -0.25) is 4.79 Å². The molecular weight excluding hydrogens is 130 g/mol. The average molecular weight is 141 g/mol. The maximum atomic E-state index is 10.6. The SMILES string of the molecule is NC(=O)C1OC12CCCC2. The Balaban J connectivity index is 2.04. The Kier molecular flexibility index (Phi) is 1.06. The van der Waals surface area contributed by atoms with Crippen LogP contribution in [0.5, 0.6) is 0 Å². The summed E-state index contributed by atoms with van der Waals surface area (Å²) in [5, 5.41) is 0. The van der Waals surface area contributed by atoms with Crippen LogP contribution in [0.3, 0.4) is 0 Å². The van der Waals surface area contributed by atoms with Gasteiger partial charge in [0.1, 0.15) is 5.60 Å². The predicted octanol–water partition coefficient (Wildman–Crippen LogP) is 0.183. The van der Waals surface area contributed by atoms with Crippen LogP contribution in [-0.4, -0.2) is 17.6 Å². The quantitative estimate of drug-likeness (QED) is 0.530. The van der Waals surface area contributed by atoms with Gasteiger partial charge in [-0.05, 0) is 12.8 Å². The van der Waals surface area contributed by atoms with E-state index in [4.69, 9.17) is 10.5 Å². The maximum absolute atomic E-state index is 10.6. The number of amides is 1. The molecule has 10 heavy (non-hydrogen) atoms. The smallest absolute Gasteiger partial charge is 0.249 e. The summed E-state index contributed by atoms with van der Waals surface area (Å²) in [5.41, 5.74) is 5.00. The Bertz CT molecular complexity index is 172. The summed E-state index contributed by atoms with van der Waals surface area (Å²) >= 11 is 0. The lowest BCUT2D eigenvalue weighted by atomic mass is 10.0. The van der Waals surface area contributed by atoms with Crippen molar-refractivity contribution in [1.29, 1.82) is 0 Å². The molecule has 56 valence electrons. The standard InChI is InChI=1S/C7H11NO2/c8-6(9)5-7(10-5)3-1-2-4-7/h5H,1-4H2,(H2,8,9). The number of rotatable bonds is 1. The first kappa shape index (κ1) is 6.16. The molecule has 1 aliphatic heterocycles. The molecule has 2 aliphatic rings. The number of carbonyl (C=O) groups is 1. The van der Waals surface area contributed by atoms with E-state index >= 15 is 0 Å². The highest BCUT2D eigenvalue weighted by molar-refractivity contribution is 5.83. The van der Waals surface area contributed by atoms with Crippen molar-refractivity contribution in [3.8, 4) is 0 Å². The minimum absolute atomic E-state index is 0.0914. The zero-order valence-electron chi connectivity index (χ0n) is 5.80. The lowest BCUT2D eigenvalue weighted by Gasteiger charge is -1.96. The molecule has 0 aromatic rings. The molecule has 1 saturated carbocycles. The molecule has 2 fully saturated rings. The highest BCUT2D eigenvalue weighted by atomic mass is 16.6. The van der Waals surface area contributed by atoms with Gasteiger partial charge in [0.05, 0.1) is 0 Å². The highest BCUT2D eigenvalue weighted by Crippen LogP contribution is 2.49. The summed E-state index contributed by atoms with van der Waals surface area (Å²) in [6.45, 7) is 0. The topological polar surface area (TPSA) is 55.6 Å². The molecule has 3 heteroatoms. The van der Waals surface area contributed by atoms with Crippen molar-refractivity contribution in [2.45, 2.75) is 37.4 Å². The van der Waals surface area contributed by atoms with Gasteiger partial charge in [-0.1, -0.05) is 12.8 Å². The van der Waals surface area contributed by atoms with Crippen LogP contribution in [0.2, 0.25) is 0 Å². The first-order valence-corrected chi connectivity index (χ1v) is 3.72. The van der Waals surface area contributed by atoms with Crippen LogP contribution in [0, 0.1) is 0 Å². The van der Waals surface area contributed by atoms with Gasteiger partial charge in [0.15, 0.2) is 6.10 Å². The normalized spacial score (nSPS) is 34.6. The number of epoxide rings is 1. The van der Waals surface area contributed by atoms with Crippen LogP contribution < -0.4 is 5.73 Å². The molecule has 0 bridgehead atoms. The van der Waals surface area contributed by atoms with E-state index in [1.807, 2.05) is 0 Å². The van der Waals surface area contributed by atoms with Gasteiger partial charge in [-0.15, -0.1) is 0 Å². The van der Waals surface area contributed by atoms with Gasteiger partial charge >= 0.3 is 0 Å². The summed E-state index contributed by atoms with van der Waals surface area (Å²) in [6.07, 6.45) is 4.17. The summed E-state index contributed by atoms with van der Waals surface area (Å²) in [7, 11) is 0. The van der Waals surface area contributed by atoms with Crippen molar-refractivity contribution >= 4 is 5.91 Å². The fourth-order valence-electron chi connectivity index (χ4n) is 1.87. The van der Waals surface area contributed by atoms with E-state index in [1.54, 1.807) is 0 Å². The van der Waals surface area contributed by atoms with E-state index in [0.29, 0.717) is 0 Å². The first-order valence-electron chi connectivity index (χ1n) is 3.72. The zero-order chi connectivity index (χ0) is 7.19. The Morgan fingerprint density at radius 2 is 2.10 bits per heavy atom. The Morgan fingerprint density at radius 1 is 1.50 bits per heavy atom. The van der Waals surface area contributed by atoms with E-state index < -0.39 is 0 Å². The van der Waals surface area contributed by atoms with Crippen LogP contribution in [-0.2, 0) is 9.53 Å². The molecule has 1 saturated heterocycles. The molecule has 1 atom stereocenters. The molecule has 1 unspecified atom stereocenters. The minimum Gasteiger partial charge on any atom is -0.367 e. The third-order valence-electron chi connectivity index (χ3n) is 2.48. The van der Waals surface area contributed by atoms with Crippen molar-refractivity contribution in [3.05, 3.63) is 0 Å². The monoisotopic (exact) mass is 141 g/mol. The van der Waals surface area contributed by atoms with E-state index in [1.165, 1.54) is 12.8 Å². The molecular formula is C7H11NO2. The summed E-state index contributed by atoms with van der Waals surface area (Å²) in [6, 6.07) is 0. The highest BCUT2D eigenvalue weighted by Gasteiger charge is 2.60. The van der Waals surface area contributed by atoms with Gasteiger partial charge in [-0.25, -0.2) is 0 Å². The van der Waals surface area contributed by atoms with E-state index in [9.17, 15) is 4.79 Å². The Morgan fingerprint density at radius 3 is 2.50 bits per heavy atom. The summed E-state index contributed by atoms with van der Waals surface area (Å²) < 4.78 is 5.25. The molecule has 2 rings (SSSR count). The van der Waals surface area contributed by atoms with E-state index in [2.05, 4.69) is 0 Å². The van der Waals surface area contributed by atoms with Gasteiger partial charge in [0, 0.05) is 0 Å². The minimum atomic E-state index is -0.290. The van der Waals surface area contributed by atoms with Crippen LogP contribution in [0.4, 0.5) is 0 Å². The van der Waals surface area contributed by atoms with Gasteiger partial charge in [0.2, 0.25) is 5.91 Å². The van der Waals surface area contributed by atoms with Gasteiger partial charge < -0.3 is 10.5 Å². The average Bonchev–Trinajstić information content (AvgIpc) is 2.32. The number of nitrogens with two attached hydrogens (primary N) is 1. The fraction of sp³-hybridized carbons (Fsp3) is 0.857. The van der Waals surface area contributed by atoms with E-state index in [0.717, 1.165) is 12.8 Å². The van der Waals surface area contributed by atoms with Crippen LogP contribution in [0.25, 0.3) is 0 Å². The molecule has 2 N–H and O–H groups in total. The van der Waals surface area contributed by atoms with Crippen LogP contribution in [0.15, 0.2) is 0 Å². The van der Waals surface area contributed by atoms with Gasteiger partial charge in [0.25, 0.3) is 0 Å². The largest absolute Gasteiger partial charge is 0.367 e. The maximum Gasteiger partial charge on any atom is 0.249 e. The molecule has 0 aromatic carbocycles. The number of primary amides is 1. The molecule has 0 aromatic heterocycles. The van der Waals surface area contributed by atoms with Crippen molar-refractivity contribution in [2.24, 2.45) is 5.73 Å². The van der Waals surface area contributed by atoms with Crippen LogP contribution >= 0.6 is 0 Å². The number of hydrogen-bond acceptors (Lipinski definition) is 2. The zero-order valence-corrected chi connectivity index (χ0v) is 5.80. The van der Waals surface area contributed by atoms with Crippen molar-refractivity contribution in [1.82, 2.24) is 0 Å². The first-order chi connectivity index (χ1) is 4.75. The second-order valence-electron chi connectivity index (χ2n) is 3.17. The molecule has 1 amide bonds. The Labute approximate surface area is 59.5 Å². The van der Waals surface area contributed by atoms with Crippen molar-refractivity contribution < 1.29 is 9.53 Å². The number of ether oxygens (including phenoxy) is 1. The number of carbonyl (C=O) groups excluding carboxylic acids is 1. The molecule has 0 radical (unpaired) electrons. The second-order valence-corrected chi connectivity index (χ2v) is 3.17. The lowest BCUT2D eigenvalue weighted by Crippen LogP contribution is -2.24. The predicted molar refractivity (Wildman–Crippen MR) is 35.3 cm³/mol. The summed E-state index contributed by atoms with van der Waals surface area (Å²) in [5.74, 6) is -0.290. The molecule has 3 nitrogen and oxygen atoms in total. The van der Waals surface area contributed by atoms with E-state index in [-0.39, 0.29) is 17.6 Å². The lowest BCUT2D eigenvalue weighted by molar-refractivity contribution is -0.119.